The monoisotopic (exact) mass is 231 g/mol. The number of rotatable bonds is 3. The molecular formula is C7H9N3O4S. The Morgan fingerprint density at radius 2 is 2.07 bits per heavy atom. The molecule has 3 N–H and O–H groups in total. The number of nitrogens with one attached hydrogen (secondary N) is 1. The van der Waals surface area contributed by atoms with Crippen molar-refractivity contribution in [2.24, 2.45) is 5.14 Å². The highest BCUT2D eigenvalue weighted by Gasteiger charge is 2.12. The van der Waals surface area contributed by atoms with Crippen molar-refractivity contribution in [3.63, 3.8) is 0 Å². The molecule has 0 atom stereocenters. The Bertz CT molecular complexity index is 497. The van der Waals surface area contributed by atoms with Crippen molar-refractivity contribution < 1.29 is 13.3 Å². The van der Waals surface area contributed by atoms with Gasteiger partial charge in [-0.15, -0.1) is 0 Å². The minimum absolute atomic E-state index is 0.0646. The average Bonchev–Trinajstić information content (AvgIpc) is 2.05. The third kappa shape index (κ3) is 3.18. The summed E-state index contributed by atoms with van der Waals surface area (Å²) >= 11 is 0. The molecule has 0 unspecified atom stereocenters. The van der Waals surface area contributed by atoms with Crippen molar-refractivity contribution in [1.82, 2.24) is 0 Å². The number of benzene rings is 1. The maximum Gasteiger partial charge on any atom is 0.296 e. The number of hydrogen-bond donors (Lipinski definition) is 2. The zero-order valence-electron chi connectivity index (χ0n) is 7.80. The van der Waals surface area contributed by atoms with Crippen LogP contribution in [0.4, 0.5) is 11.4 Å². The van der Waals surface area contributed by atoms with Crippen molar-refractivity contribution in [2.45, 2.75) is 6.92 Å². The predicted octanol–water partition coefficient (Wildman–Crippen LogP) is 0.519. The Morgan fingerprint density at radius 3 is 2.53 bits per heavy atom. The van der Waals surface area contributed by atoms with E-state index in [1.54, 1.807) is 6.92 Å². The molecule has 0 amide bonds. The first-order valence-corrected chi connectivity index (χ1v) is 5.40. The van der Waals surface area contributed by atoms with Gasteiger partial charge in [-0.2, -0.15) is 8.42 Å². The van der Waals surface area contributed by atoms with Crippen molar-refractivity contribution in [2.75, 3.05) is 4.72 Å². The first-order valence-electron chi connectivity index (χ1n) is 3.85. The highest BCUT2D eigenvalue weighted by atomic mass is 32.2. The van der Waals surface area contributed by atoms with Crippen LogP contribution in [0.5, 0.6) is 0 Å². The summed E-state index contributed by atoms with van der Waals surface area (Å²) in [5.74, 6) is 0. The predicted molar refractivity (Wildman–Crippen MR) is 54.6 cm³/mol. The van der Waals surface area contributed by atoms with E-state index >= 15 is 0 Å². The van der Waals surface area contributed by atoms with Gasteiger partial charge in [0.1, 0.15) is 0 Å². The molecule has 0 radical (unpaired) electrons. The summed E-state index contributed by atoms with van der Waals surface area (Å²) in [7, 11) is -3.91. The normalized spacial score (nSPS) is 11.1. The van der Waals surface area contributed by atoms with Crippen molar-refractivity contribution >= 4 is 21.6 Å². The SMILES string of the molecule is Cc1ccc(NS(N)(=O)=O)cc1[N+](=O)[O-]. The number of nitrogens with two attached hydrogens (primary N) is 1. The molecule has 0 aromatic heterocycles. The lowest BCUT2D eigenvalue weighted by molar-refractivity contribution is -0.385. The van der Waals surface area contributed by atoms with E-state index in [0.29, 0.717) is 5.56 Å². The Labute approximate surface area is 86.2 Å². The van der Waals surface area contributed by atoms with Crippen LogP contribution in [0.15, 0.2) is 18.2 Å². The van der Waals surface area contributed by atoms with E-state index in [9.17, 15) is 18.5 Å². The lowest BCUT2D eigenvalue weighted by Crippen LogP contribution is -2.21. The van der Waals surface area contributed by atoms with Gasteiger partial charge in [0.15, 0.2) is 0 Å². The largest absolute Gasteiger partial charge is 0.296 e. The fourth-order valence-electron chi connectivity index (χ4n) is 1.03. The summed E-state index contributed by atoms with van der Waals surface area (Å²) in [5.41, 5.74) is 0.346. The smallest absolute Gasteiger partial charge is 0.271 e. The summed E-state index contributed by atoms with van der Waals surface area (Å²) in [6.07, 6.45) is 0. The van der Waals surface area contributed by atoms with Crippen LogP contribution in [0.2, 0.25) is 0 Å². The number of nitro groups is 1. The standard InChI is InChI=1S/C7H9N3O4S/c1-5-2-3-6(9-15(8,13)14)4-7(5)10(11)12/h2-4,9H,1H3,(H2,8,13,14). The second-order valence-corrected chi connectivity index (χ2v) is 4.20. The van der Waals surface area contributed by atoms with E-state index in [1.165, 1.54) is 12.1 Å². The average molecular weight is 231 g/mol. The van der Waals surface area contributed by atoms with Gasteiger partial charge in [0, 0.05) is 11.6 Å². The third-order valence-electron chi connectivity index (χ3n) is 1.67. The third-order valence-corrected chi connectivity index (χ3v) is 2.19. The lowest BCUT2D eigenvalue weighted by Gasteiger charge is -2.04. The van der Waals surface area contributed by atoms with Crippen LogP contribution in [0.3, 0.4) is 0 Å². The molecule has 0 aliphatic rings. The molecule has 0 aliphatic carbocycles. The molecule has 8 heteroatoms. The molecule has 0 aliphatic heterocycles. The van der Waals surface area contributed by atoms with Crippen molar-refractivity contribution in [3.8, 4) is 0 Å². The van der Waals surface area contributed by atoms with E-state index in [0.717, 1.165) is 6.07 Å². The molecule has 82 valence electrons. The van der Waals surface area contributed by atoms with Crippen LogP contribution in [0, 0.1) is 17.0 Å². The van der Waals surface area contributed by atoms with Crippen LogP contribution < -0.4 is 9.86 Å². The van der Waals surface area contributed by atoms with Crippen molar-refractivity contribution in [3.05, 3.63) is 33.9 Å². The number of hydrogen-bond acceptors (Lipinski definition) is 4. The minimum Gasteiger partial charge on any atom is -0.271 e. The van der Waals surface area contributed by atoms with Gasteiger partial charge in [0.2, 0.25) is 0 Å². The molecule has 1 aromatic rings. The van der Waals surface area contributed by atoms with Gasteiger partial charge in [-0.25, -0.2) is 5.14 Å². The summed E-state index contributed by atoms with van der Waals surface area (Å²) in [5, 5.41) is 15.3. The molecule has 1 aromatic carbocycles. The molecule has 0 spiro atoms. The number of nitro benzene ring substituents is 1. The van der Waals surface area contributed by atoms with E-state index in [2.05, 4.69) is 0 Å². The van der Waals surface area contributed by atoms with Gasteiger partial charge in [0.25, 0.3) is 15.9 Å². The molecule has 0 bridgehead atoms. The Balaban J connectivity index is 3.14. The molecule has 1 rings (SSSR count). The summed E-state index contributed by atoms with van der Waals surface area (Å²) < 4.78 is 23.3. The van der Waals surface area contributed by atoms with Gasteiger partial charge < -0.3 is 0 Å². The number of nitrogens with zero attached hydrogens (tertiary/aromatic N) is 1. The lowest BCUT2D eigenvalue weighted by atomic mass is 10.2. The van der Waals surface area contributed by atoms with Gasteiger partial charge in [-0.1, -0.05) is 6.07 Å². The van der Waals surface area contributed by atoms with Gasteiger partial charge >= 0.3 is 0 Å². The molecule has 15 heavy (non-hydrogen) atoms. The Morgan fingerprint density at radius 1 is 1.47 bits per heavy atom. The molecule has 0 heterocycles. The Kier molecular flexibility index (Phi) is 2.91. The second kappa shape index (κ2) is 3.83. The van der Waals surface area contributed by atoms with Crippen LogP contribution in [0.25, 0.3) is 0 Å². The minimum atomic E-state index is -3.91. The summed E-state index contributed by atoms with van der Waals surface area (Å²) in [4.78, 5) is 9.94. The van der Waals surface area contributed by atoms with Gasteiger partial charge in [0.05, 0.1) is 10.6 Å². The zero-order chi connectivity index (χ0) is 11.6. The highest BCUT2D eigenvalue weighted by molar-refractivity contribution is 7.90. The van der Waals surface area contributed by atoms with Gasteiger partial charge in [-0.3, -0.25) is 14.8 Å². The van der Waals surface area contributed by atoms with Crippen LogP contribution in [-0.2, 0) is 10.2 Å². The van der Waals surface area contributed by atoms with E-state index in [1.807, 2.05) is 4.72 Å². The maximum absolute atomic E-state index is 10.7. The molecule has 0 fully saturated rings. The Hall–Kier alpha value is -1.67. The molecule has 0 saturated heterocycles. The maximum atomic E-state index is 10.7. The van der Waals surface area contributed by atoms with Crippen LogP contribution in [-0.4, -0.2) is 13.3 Å². The fourth-order valence-corrected chi connectivity index (χ4v) is 1.49. The first-order chi connectivity index (χ1) is 6.79. The topological polar surface area (TPSA) is 115 Å². The first kappa shape index (κ1) is 11.4. The zero-order valence-corrected chi connectivity index (χ0v) is 8.61. The number of anilines is 1. The fraction of sp³-hybridized carbons (Fsp3) is 0.143. The summed E-state index contributed by atoms with van der Waals surface area (Å²) in [6.45, 7) is 1.55. The van der Waals surface area contributed by atoms with E-state index in [-0.39, 0.29) is 11.4 Å². The van der Waals surface area contributed by atoms with Crippen molar-refractivity contribution in [1.29, 1.82) is 0 Å². The van der Waals surface area contributed by atoms with E-state index in [4.69, 9.17) is 5.14 Å². The quantitative estimate of drug-likeness (QED) is 0.582. The highest BCUT2D eigenvalue weighted by Crippen LogP contribution is 2.22. The van der Waals surface area contributed by atoms with E-state index < -0.39 is 15.1 Å². The molecule has 7 nitrogen and oxygen atoms in total. The summed E-state index contributed by atoms with van der Waals surface area (Å²) in [6, 6.07) is 3.94. The molecular weight excluding hydrogens is 222 g/mol. The van der Waals surface area contributed by atoms with Gasteiger partial charge in [-0.05, 0) is 13.0 Å². The number of aryl methyl sites for hydroxylation is 1. The molecule has 0 saturated carbocycles. The van der Waals surface area contributed by atoms with Crippen LogP contribution >= 0.6 is 0 Å². The van der Waals surface area contributed by atoms with Crippen LogP contribution in [0.1, 0.15) is 5.56 Å². The second-order valence-electron chi connectivity index (χ2n) is 2.91.